The summed E-state index contributed by atoms with van der Waals surface area (Å²) in [6, 6.07) is 4.00. The molecule has 1 rings (SSSR count). The summed E-state index contributed by atoms with van der Waals surface area (Å²) >= 11 is 2.93. The van der Waals surface area contributed by atoms with Crippen LogP contribution in [0.3, 0.4) is 0 Å². The van der Waals surface area contributed by atoms with Gasteiger partial charge in [-0.3, -0.25) is 10.1 Å². The number of hydrogen-bond donors (Lipinski definition) is 1. The minimum absolute atomic E-state index is 0.203. The van der Waals surface area contributed by atoms with Gasteiger partial charge in [-0.25, -0.2) is 4.79 Å². The molecule has 0 heterocycles. The van der Waals surface area contributed by atoms with Gasteiger partial charge in [0.25, 0.3) is 5.69 Å². The topological polar surface area (TPSA) is 80.4 Å². The number of halogens is 1. The van der Waals surface area contributed by atoms with Gasteiger partial charge in [0.15, 0.2) is 5.56 Å². The van der Waals surface area contributed by atoms with E-state index in [2.05, 4.69) is 15.9 Å². The van der Waals surface area contributed by atoms with Crippen molar-refractivity contribution < 1.29 is 14.8 Å². The van der Waals surface area contributed by atoms with Crippen LogP contribution in [-0.4, -0.2) is 16.0 Å². The van der Waals surface area contributed by atoms with Gasteiger partial charge in [0.1, 0.15) is 0 Å². The van der Waals surface area contributed by atoms with E-state index in [4.69, 9.17) is 5.11 Å². The molecule has 0 bridgehead atoms. The quantitative estimate of drug-likeness (QED) is 0.639. The Labute approximate surface area is 81.3 Å². The van der Waals surface area contributed by atoms with E-state index in [1.165, 1.54) is 12.1 Å². The average molecular weight is 246 g/mol. The van der Waals surface area contributed by atoms with E-state index in [9.17, 15) is 14.9 Å². The minimum atomic E-state index is -1.32. The molecular weight excluding hydrogens is 242 g/mol. The van der Waals surface area contributed by atoms with Gasteiger partial charge in [0, 0.05) is 10.5 Å². The second-order valence-corrected chi connectivity index (χ2v) is 3.05. The Morgan fingerprint density at radius 2 is 2.15 bits per heavy atom. The van der Waals surface area contributed by atoms with Crippen LogP contribution in [0.25, 0.3) is 0 Å². The zero-order chi connectivity index (χ0) is 10.0. The molecule has 0 aliphatic heterocycles. The zero-order valence-corrected chi connectivity index (χ0v) is 7.82. The van der Waals surface area contributed by atoms with Crippen molar-refractivity contribution in [1.29, 1.82) is 0 Å². The summed E-state index contributed by atoms with van der Waals surface area (Å²) in [5.41, 5.74) is -0.741. The SMILES string of the molecule is O=C(O)c1c(Br)cccc1[N+](=O)[O-]. The molecule has 1 aromatic rings. The van der Waals surface area contributed by atoms with Gasteiger partial charge < -0.3 is 5.11 Å². The van der Waals surface area contributed by atoms with Gasteiger partial charge in [0.2, 0.25) is 0 Å². The van der Waals surface area contributed by atoms with Crippen molar-refractivity contribution in [3.63, 3.8) is 0 Å². The van der Waals surface area contributed by atoms with Crippen molar-refractivity contribution in [2.24, 2.45) is 0 Å². The summed E-state index contributed by atoms with van der Waals surface area (Å²) in [7, 11) is 0. The summed E-state index contributed by atoms with van der Waals surface area (Å²) < 4.78 is 0.203. The number of benzene rings is 1. The third-order valence-corrected chi connectivity index (χ3v) is 2.06. The smallest absolute Gasteiger partial charge is 0.343 e. The van der Waals surface area contributed by atoms with Gasteiger partial charge in [-0.05, 0) is 22.0 Å². The maximum Gasteiger partial charge on any atom is 0.343 e. The zero-order valence-electron chi connectivity index (χ0n) is 6.23. The fourth-order valence-electron chi connectivity index (χ4n) is 0.877. The van der Waals surface area contributed by atoms with Crippen molar-refractivity contribution in [2.45, 2.75) is 0 Å². The normalized spacial score (nSPS) is 9.62. The number of aromatic carboxylic acids is 1. The molecule has 1 N–H and O–H groups in total. The summed E-state index contributed by atoms with van der Waals surface area (Å²) in [5, 5.41) is 19.1. The van der Waals surface area contributed by atoms with Gasteiger partial charge in [-0.15, -0.1) is 0 Å². The molecule has 5 nitrogen and oxygen atoms in total. The first-order valence-corrected chi connectivity index (χ1v) is 3.99. The Morgan fingerprint density at radius 1 is 1.54 bits per heavy atom. The number of carboxylic acid groups (broad SMARTS) is 1. The average Bonchev–Trinajstić information content (AvgIpc) is 2.02. The monoisotopic (exact) mass is 245 g/mol. The number of hydrogen-bond acceptors (Lipinski definition) is 3. The highest BCUT2D eigenvalue weighted by atomic mass is 79.9. The highest BCUT2D eigenvalue weighted by Gasteiger charge is 2.21. The largest absolute Gasteiger partial charge is 0.477 e. The van der Waals surface area contributed by atoms with Crippen LogP contribution in [0.15, 0.2) is 22.7 Å². The second kappa shape index (κ2) is 3.53. The molecule has 0 fully saturated rings. The van der Waals surface area contributed by atoms with Gasteiger partial charge in [-0.1, -0.05) is 6.07 Å². The molecule has 0 aliphatic carbocycles. The highest BCUT2D eigenvalue weighted by molar-refractivity contribution is 9.10. The van der Waals surface area contributed by atoms with Crippen LogP contribution >= 0.6 is 15.9 Å². The van der Waals surface area contributed by atoms with Crippen LogP contribution in [0.2, 0.25) is 0 Å². The fraction of sp³-hybridized carbons (Fsp3) is 0. The predicted octanol–water partition coefficient (Wildman–Crippen LogP) is 2.06. The lowest BCUT2D eigenvalue weighted by Gasteiger charge is -1.98. The number of carboxylic acids is 1. The molecule has 0 atom stereocenters. The van der Waals surface area contributed by atoms with Crippen LogP contribution in [0.1, 0.15) is 10.4 Å². The van der Waals surface area contributed by atoms with Crippen LogP contribution in [0.5, 0.6) is 0 Å². The van der Waals surface area contributed by atoms with Crippen molar-refractivity contribution >= 4 is 27.6 Å². The summed E-state index contributed by atoms with van der Waals surface area (Å²) in [4.78, 5) is 20.3. The first-order valence-electron chi connectivity index (χ1n) is 3.20. The molecule has 6 heteroatoms. The van der Waals surface area contributed by atoms with E-state index in [1.54, 1.807) is 0 Å². The van der Waals surface area contributed by atoms with Gasteiger partial charge >= 0.3 is 5.97 Å². The molecule has 13 heavy (non-hydrogen) atoms. The Bertz CT molecular complexity index is 377. The Morgan fingerprint density at radius 3 is 2.54 bits per heavy atom. The molecule has 1 aromatic carbocycles. The Balaban J connectivity index is 3.43. The van der Waals surface area contributed by atoms with Crippen LogP contribution in [0.4, 0.5) is 5.69 Å². The standard InChI is InChI=1S/C7H4BrNO4/c8-4-2-1-3-5(9(12)13)6(4)7(10)11/h1-3H,(H,10,11). The highest BCUT2D eigenvalue weighted by Crippen LogP contribution is 2.26. The number of carbonyl (C=O) groups is 1. The minimum Gasteiger partial charge on any atom is -0.477 e. The van der Waals surface area contributed by atoms with E-state index < -0.39 is 16.6 Å². The number of nitrogens with zero attached hydrogens (tertiary/aromatic N) is 1. The molecule has 0 aromatic heterocycles. The molecule has 68 valence electrons. The molecule has 0 amide bonds. The Kier molecular flexibility index (Phi) is 2.62. The van der Waals surface area contributed by atoms with Crippen LogP contribution in [0, 0.1) is 10.1 Å². The van der Waals surface area contributed by atoms with Crippen molar-refractivity contribution in [3.05, 3.63) is 38.3 Å². The third-order valence-electron chi connectivity index (χ3n) is 1.40. The molecule has 0 aliphatic rings. The summed E-state index contributed by atoms with van der Waals surface area (Å²) in [6.45, 7) is 0. The van der Waals surface area contributed by atoms with Gasteiger partial charge in [0.05, 0.1) is 4.92 Å². The van der Waals surface area contributed by atoms with Crippen molar-refractivity contribution in [2.75, 3.05) is 0 Å². The third kappa shape index (κ3) is 1.83. The molecule has 0 spiro atoms. The maximum atomic E-state index is 10.6. The first-order chi connectivity index (χ1) is 6.04. The lowest BCUT2D eigenvalue weighted by molar-refractivity contribution is -0.385. The van der Waals surface area contributed by atoms with Gasteiger partial charge in [-0.2, -0.15) is 0 Å². The van der Waals surface area contributed by atoms with Crippen LogP contribution in [-0.2, 0) is 0 Å². The summed E-state index contributed by atoms with van der Waals surface area (Å²) in [6.07, 6.45) is 0. The Hall–Kier alpha value is -1.43. The van der Waals surface area contributed by atoms with E-state index >= 15 is 0 Å². The molecular formula is C7H4BrNO4. The maximum absolute atomic E-state index is 10.6. The van der Waals surface area contributed by atoms with E-state index in [0.717, 1.165) is 6.07 Å². The first kappa shape index (κ1) is 9.66. The lowest BCUT2D eigenvalue weighted by Crippen LogP contribution is -2.03. The molecule has 0 unspecified atom stereocenters. The van der Waals surface area contributed by atoms with E-state index in [-0.39, 0.29) is 10.0 Å². The van der Waals surface area contributed by atoms with E-state index in [1.807, 2.05) is 0 Å². The predicted molar refractivity (Wildman–Crippen MR) is 47.8 cm³/mol. The summed E-state index contributed by atoms with van der Waals surface area (Å²) in [5.74, 6) is -1.32. The van der Waals surface area contributed by atoms with Crippen LogP contribution < -0.4 is 0 Å². The molecule has 0 saturated heterocycles. The molecule has 0 radical (unpaired) electrons. The number of nitro groups is 1. The number of rotatable bonds is 2. The lowest BCUT2D eigenvalue weighted by atomic mass is 10.2. The molecule has 0 saturated carbocycles. The second-order valence-electron chi connectivity index (χ2n) is 2.20. The van der Waals surface area contributed by atoms with E-state index in [0.29, 0.717) is 0 Å². The number of nitro benzene ring substituents is 1. The van der Waals surface area contributed by atoms with Crippen molar-refractivity contribution in [1.82, 2.24) is 0 Å². The fourth-order valence-corrected chi connectivity index (χ4v) is 1.40. The van der Waals surface area contributed by atoms with Crippen molar-refractivity contribution in [3.8, 4) is 0 Å².